The SMILES string of the molecule is COc1c(C(=O)Nc2ccccc2NC(C)=O)c(=O)n(CC(C)C)c2ccccc12. The number of carbonyl (C=O) groups excluding carboxylic acids is 2. The van der Waals surface area contributed by atoms with Crippen LogP contribution in [0.1, 0.15) is 31.1 Å². The van der Waals surface area contributed by atoms with Crippen LogP contribution in [-0.2, 0) is 11.3 Å². The molecule has 0 fully saturated rings. The fourth-order valence-electron chi connectivity index (χ4n) is 3.41. The lowest BCUT2D eigenvalue weighted by Gasteiger charge is -2.18. The molecular weight excluding hydrogens is 382 g/mol. The monoisotopic (exact) mass is 407 g/mol. The summed E-state index contributed by atoms with van der Waals surface area (Å²) < 4.78 is 7.12. The number of aromatic nitrogens is 1. The Morgan fingerprint density at radius 1 is 1.00 bits per heavy atom. The van der Waals surface area contributed by atoms with Crippen molar-refractivity contribution in [2.75, 3.05) is 17.7 Å². The van der Waals surface area contributed by atoms with E-state index in [-0.39, 0.29) is 23.1 Å². The molecule has 2 N–H and O–H groups in total. The Kier molecular flexibility index (Phi) is 6.20. The molecule has 1 aromatic heterocycles. The van der Waals surface area contributed by atoms with Gasteiger partial charge in [-0.1, -0.05) is 38.1 Å². The Labute approximate surface area is 174 Å². The fraction of sp³-hybridized carbons (Fsp3) is 0.261. The van der Waals surface area contributed by atoms with Gasteiger partial charge in [0.1, 0.15) is 11.3 Å². The minimum atomic E-state index is -0.599. The zero-order valence-electron chi connectivity index (χ0n) is 17.5. The van der Waals surface area contributed by atoms with Crippen molar-refractivity contribution in [3.63, 3.8) is 0 Å². The Balaban J connectivity index is 2.16. The summed E-state index contributed by atoms with van der Waals surface area (Å²) in [5.41, 5.74) is 1.05. The van der Waals surface area contributed by atoms with E-state index in [1.54, 1.807) is 28.8 Å². The highest BCUT2D eigenvalue weighted by atomic mass is 16.5. The predicted octanol–water partition coefficient (Wildman–Crippen LogP) is 3.88. The van der Waals surface area contributed by atoms with Gasteiger partial charge in [-0.25, -0.2) is 0 Å². The van der Waals surface area contributed by atoms with Gasteiger partial charge in [-0.05, 0) is 30.2 Å². The van der Waals surface area contributed by atoms with Crippen LogP contribution in [-0.4, -0.2) is 23.5 Å². The topological polar surface area (TPSA) is 89.4 Å². The first-order chi connectivity index (χ1) is 14.3. The summed E-state index contributed by atoms with van der Waals surface area (Å²) in [4.78, 5) is 38.0. The first-order valence-electron chi connectivity index (χ1n) is 9.71. The molecular formula is C23H25N3O4. The summed E-state index contributed by atoms with van der Waals surface area (Å²) >= 11 is 0. The maximum Gasteiger partial charge on any atom is 0.267 e. The summed E-state index contributed by atoms with van der Waals surface area (Å²) in [7, 11) is 1.44. The van der Waals surface area contributed by atoms with Crippen molar-refractivity contribution in [1.29, 1.82) is 0 Å². The van der Waals surface area contributed by atoms with Crippen LogP contribution in [0.2, 0.25) is 0 Å². The van der Waals surface area contributed by atoms with E-state index in [1.165, 1.54) is 14.0 Å². The molecule has 3 rings (SSSR count). The van der Waals surface area contributed by atoms with Crippen LogP contribution >= 0.6 is 0 Å². The first-order valence-corrected chi connectivity index (χ1v) is 9.71. The number of fused-ring (bicyclic) bond motifs is 1. The third-order valence-corrected chi connectivity index (χ3v) is 4.59. The molecule has 0 spiro atoms. The number of nitrogens with zero attached hydrogens (tertiary/aromatic N) is 1. The zero-order valence-corrected chi connectivity index (χ0v) is 17.5. The lowest BCUT2D eigenvalue weighted by atomic mass is 10.1. The van der Waals surface area contributed by atoms with Crippen molar-refractivity contribution >= 4 is 34.1 Å². The number of hydrogen-bond donors (Lipinski definition) is 2. The van der Waals surface area contributed by atoms with Gasteiger partial charge in [-0.3, -0.25) is 14.4 Å². The lowest BCUT2D eigenvalue weighted by molar-refractivity contribution is -0.114. The van der Waals surface area contributed by atoms with Gasteiger partial charge in [-0.15, -0.1) is 0 Å². The van der Waals surface area contributed by atoms with Crippen LogP contribution in [0.15, 0.2) is 53.3 Å². The molecule has 2 aromatic carbocycles. The molecule has 7 nitrogen and oxygen atoms in total. The quantitative estimate of drug-likeness (QED) is 0.649. The molecule has 0 bridgehead atoms. The van der Waals surface area contributed by atoms with Crippen molar-refractivity contribution in [3.05, 3.63) is 64.4 Å². The van der Waals surface area contributed by atoms with Gasteiger partial charge in [-0.2, -0.15) is 0 Å². The number of hydrogen-bond acceptors (Lipinski definition) is 4. The number of ether oxygens (including phenoxy) is 1. The van der Waals surface area contributed by atoms with Crippen LogP contribution in [0.4, 0.5) is 11.4 Å². The molecule has 0 atom stereocenters. The molecule has 0 saturated carbocycles. The van der Waals surface area contributed by atoms with Crippen LogP contribution in [0, 0.1) is 5.92 Å². The largest absolute Gasteiger partial charge is 0.495 e. The third-order valence-electron chi connectivity index (χ3n) is 4.59. The van der Waals surface area contributed by atoms with E-state index < -0.39 is 11.5 Å². The van der Waals surface area contributed by atoms with Gasteiger partial charge >= 0.3 is 0 Å². The lowest BCUT2D eigenvalue weighted by Crippen LogP contribution is -2.31. The van der Waals surface area contributed by atoms with E-state index in [9.17, 15) is 14.4 Å². The van der Waals surface area contributed by atoms with Crippen molar-refractivity contribution in [2.45, 2.75) is 27.3 Å². The van der Waals surface area contributed by atoms with E-state index >= 15 is 0 Å². The van der Waals surface area contributed by atoms with Gasteiger partial charge in [0.25, 0.3) is 11.5 Å². The van der Waals surface area contributed by atoms with Crippen LogP contribution < -0.4 is 20.9 Å². The van der Waals surface area contributed by atoms with Crippen molar-refractivity contribution < 1.29 is 14.3 Å². The molecule has 0 saturated heterocycles. The second-order valence-corrected chi connectivity index (χ2v) is 7.42. The van der Waals surface area contributed by atoms with Crippen molar-refractivity contribution in [1.82, 2.24) is 4.57 Å². The summed E-state index contributed by atoms with van der Waals surface area (Å²) in [6.07, 6.45) is 0. The molecule has 7 heteroatoms. The van der Waals surface area contributed by atoms with E-state index in [2.05, 4.69) is 10.6 Å². The summed E-state index contributed by atoms with van der Waals surface area (Å²) in [5, 5.41) is 6.10. The maximum absolute atomic E-state index is 13.3. The molecule has 0 aliphatic heterocycles. The standard InChI is InChI=1S/C23H25N3O4/c1-14(2)13-26-19-12-8-5-9-16(19)21(30-4)20(23(26)29)22(28)25-18-11-7-6-10-17(18)24-15(3)27/h5-12,14H,13H2,1-4H3,(H,24,27)(H,25,28). The number of para-hydroxylation sites is 3. The average molecular weight is 407 g/mol. The van der Waals surface area contributed by atoms with E-state index in [4.69, 9.17) is 4.74 Å². The number of amides is 2. The minimum absolute atomic E-state index is 0.0746. The Hall–Kier alpha value is -3.61. The Morgan fingerprint density at radius 2 is 1.60 bits per heavy atom. The highest BCUT2D eigenvalue weighted by molar-refractivity contribution is 6.11. The number of pyridine rings is 1. The van der Waals surface area contributed by atoms with Crippen LogP contribution in [0.5, 0.6) is 5.75 Å². The number of nitrogens with one attached hydrogen (secondary N) is 2. The highest BCUT2D eigenvalue weighted by Gasteiger charge is 2.24. The van der Waals surface area contributed by atoms with Gasteiger partial charge in [0.2, 0.25) is 5.91 Å². The fourth-order valence-corrected chi connectivity index (χ4v) is 3.41. The normalized spacial score (nSPS) is 10.8. The highest BCUT2D eigenvalue weighted by Crippen LogP contribution is 2.29. The molecule has 0 unspecified atom stereocenters. The summed E-state index contributed by atoms with van der Waals surface area (Å²) in [5.74, 6) is -0.432. The molecule has 0 aliphatic carbocycles. The molecule has 0 aliphatic rings. The summed E-state index contributed by atoms with van der Waals surface area (Å²) in [6, 6.07) is 14.2. The summed E-state index contributed by atoms with van der Waals surface area (Å²) in [6.45, 7) is 5.87. The Morgan fingerprint density at radius 3 is 2.20 bits per heavy atom. The average Bonchev–Trinajstić information content (AvgIpc) is 2.70. The van der Waals surface area contributed by atoms with Crippen molar-refractivity contribution in [2.24, 2.45) is 5.92 Å². The molecule has 3 aromatic rings. The number of methoxy groups -OCH3 is 1. The van der Waals surface area contributed by atoms with Crippen LogP contribution in [0.25, 0.3) is 10.9 Å². The van der Waals surface area contributed by atoms with Gasteiger partial charge in [0.05, 0.1) is 24.0 Å². The van der Waals surface area contributed by atoms with E-state index in [1.807, 2.05) is 38.1 Å². The smallest absolute Gasteiger partial charge is 0.267 e. The second kappa shape index (κ2) is 8.82. The molecule has 30 heavy (non-hydrogen) atoms. The number of benzene rings is 2. The molecule has 1 heterocycles. The van der Waals surface area contributed by atoms with Gasteiger partial charge < -0.3 is 19.9 Å². The maximum atomic E-state index is 13.3. The number of anilines is 2. The first kappa shape index (κ1) is 21.1. The zero-order chi connectivity index (χ0) is 21.8. The van der Waals surface area contributed by atoms with Gasteiger partial charge in [0, 0.05) is 18.9 Å². The molecule has 2 amide bonds. The minimum Gasteiger partial charge on any atom is -0.495 e. The van der Waals surface area contributed by atoms with Crippen molar-refractivity contribution in [3.8, 4) is 5.75 Å². The van der Waals surface area contributed by atoms with Crippen LogP contribution in [0.3, 0.4) is 0 Å². The molecule has 156 valence electrons. The van der Waals surface area contributed by atoms with E-state index in [0.717, 1.165) is 0 Å². The second-order valence-electron chi connectivity index (χ2n) is 7.42. The Bertz CT molecular complexity index is 1160. The number of rotatable bonds is 6. The predicted molar refractivity (Wildman–Crippen MR) is 118 cm³/mol. The van der Waals surface area contributed by atoms with E-state index in [0.29, 0.717) is 28.8 Å². The third kappa shape index (κ3) is 4.20. The number of carbonyl (C=O) groups is 2. The van der Waals surface area contributed by atoms with Gasteiger partial charge in [0.15, 0.2) is 0 Å². The molecule has 0 radical (unpaired) electrons.